The van der Waals surface area contributed by atoms with Gasteiger partial charge in [-0.05, 0) is 17.7 Å². The van der Waals surface area contributed by atoms with Crippen LogP contribution in [-0.4, -0.2) is 44.2 Å². The summed E-state index contributed by atoms with van der Waals surface area (Å²) in [4.78, 5) is 8.81. The number of nitrogen functional groups attached to an aromatic ring is 2. The molecule has 2 aliphatic heterocycles. The molecule has 1 aromatic carbocycles. The molecule has 0 amide bonds. The third kappa shape index (κ3) is 4.39. The summed E-state index contributed by atoms with van der Waals surface area (Å²) in [5.41, 5.74) is 13.5. The average Bonchev–Trinajstić information content (AvgIpc) is 3.32. The van der Waals surface area contributed by atoms with Gasteiger partial charge >= 0.3 is 0 Å². The van der Waals surface area contributed by atoms with Gasteiger partial charge in [-0.3, -0.25) is 5.32 Å². The van der Waals surface area contributed by atoms with Crippen molar-refractivity contribution in [3.8, 4) is 23.8 Å². The fourth-order valence-electron chi connectivity index (χ4n) is 3.64. The molecule has 170 valence electrons. The molecular weight excluding hydrogens is 428 g/mol. The fourth-order valence-corrected chi connectivity index (χ4v) is 3.64. The Balaban J connectivity index is 1.71. The Labute approximate surface area is 189 Å². The van der Waals surface area contributed by atoms with Gasteiger partial charge in [0.2, 0.25) is 5.96 Å². The SMILES string of the molecule is COc1ccc(C2N=C(NC#N)Nc3nc(N)c(C#N)c(N)c32)cc1OCCC1OCCO1. The standard InChI is InChI=1S/C21H22N8O4/c1-30-13-3-2-11(8-14(13)31-5-4-15-32-6-7-33-15)18-16-17(24)12(9-22)19(25)28-20(16)29-21(27-18)26-10-23/h2-3,8,15,18H,4-7H2,1H3,(H6,24,25,26,27,28,29). The van der Waals surface area contributed by atoms with E-state index in [-0.39, 0.29) is 29.3 Å². The molecular formula is C21H22N8O4. The smallest absolute Gasteiger partial charge is 0.211 e. The van der Waals surface area contributed by atoms with E-state index in [0.717, 1.165) is 0 Å². The number of hydrogen-bond acceptors (Lipinski definition) is 12. The summed E-state index contributed by atoms with van der Waals surface area (Å²) in [5.74, 6) is 1.46. The third-order valence-corrected chi connectivity index (χ3v) is 5.16. The first-order chi connectivity index (χ1) is 16.0. The molecule has 4 rings (SSSR count). The van der Waals surface area contributed by atoms with Crippen molar-refractivity contribution >= 4 is 23.3 Å². The maximum Gasteiger partial charge on any atom is 0.211 e. The molecule has 1 saturated heterocycles. The number of hydrogen-bond donors (Lipinski definition) is 4. The summed E-state index contributed by atoms with van der Waals surface area (Å²) < 4.78 is 22.2. The van der Waals surface area contributed by atoms with Crippen LogP contribution in [0.2, 0.25) is 0 Å². The molecule has 0 aliphatic carbocycles. The minimum Gasteiger partial charge on any atom is -0.493 e. The predicted octanol–water partition coefficient (Wildman–Crippen LogP) is 1.21. The van der Waals surface area contributed by atoms with Gasteiger partial charge in [0, 0.05) is 12.0 Å². The summed E-state index contributed by atoms with van der Waals surface area (Å²) in [5, 5.41) is 23.9. The second-order valence-electron chi connectivity index (χ2n) is 7.12. The van der Waals surface area contributed by atoms with Gasteiger partial charge in [-0.1, -0.05) is 6.07 Å². The Morgan fingerprint density at radius 2 is 2.03 bits per heavy atom. The predicted molar refractivity (Wildman–Crippen MR) is 118 cm³/mol. The van der Waals surface area contributed by atoms with Gasteiger partial charge in [-0.2, -0.15) is 10.5 Å². The molecule has 2 aliphatic rings. The quantitative estimate of drug-likeness (QED) is 0.366. The second-order valence-corrected chi connectivity index (χ2v) is 7.12. The molecule has 0 spiro atoms. The lowest BCUT2D eigenvalue weighted by Crippen LogP contribution is -2.32. The molecule has 0 bridgehead atoms. The van der Waals surface area contributed by atoms with E-state index in [1.165, 1.54) is 0 Å². The molecule has 3 heterocycles. The van der Waals surface area contributed by atoms with E-state index in [1.807, 2.05) is 12.3 Å². The monoisotopic (exact) mass is 450 g/mol. The number of methoxy groups -OCH3 is 1. The minimum atomic E-state index is -0.688. The number of ether oxygens (including phenoxy) is 4. The zero-order valence-corrected chi connectivity index (χ0v) is 17.8. The number of benzene rings is 1. The van der Waals surface area contributed by atoms with E-state index in [2.05, 4.69) is 20.6 Å². The lowest BCUT2D eigenvalue weighted by molar-refractivity contribution is -0.0532. The minimum absolute atomic E-state index is 0.0201. The topological polar surface area (TPSA) is 186 Å². The first kappa shape index (κ1) is 22.0. The third-order valence-electron chi connectivity index (χ3n) is 5.16. The highest BCUT2D eigenvalue weighted by Gasteiger charge is 2.30. The largest absolute Gasteiger partial charge is 0.493 e. The number of anilines is 3. The van der Waals surface area contributed by atoms with Gasteiger partial charge in [0.05, 0.1) is 32.6 Å². The molecule has 1 unspecified atom stereocenters. The van der Waals surface area contributed by atoms with Crippen molar-refractivity contribution in [2.45, 2.75) is 18.8 Å². The van der Waals surface area contributed by atoms with Crippen molar-refractivity contribution in [3.05, 3.63) is 34.9 Å². The Hall–Kier alpha value is -4.26. The van der Waals surface area contributed by atoms with Gasteiger partial charge in [0.25, 0.3) is 0 Å². The Morgan fingerprint density at radius 3 is 2.73 bits per heavy atom. The molecule has 0 radical (unpaired) electrons. The van der Waals surface area contributed by atoms with E-state index in [4.69, 9.17) is 35.7 Å². The van der Waals surface area contributed by atoms with Crippen LogP contribution in [0.25, 0.3) is 0 Å². The van der Waals surface area contributed by atoms with Gasteiger partial charge in [0.1, 0.15) is 29.3 Å². The van der Waals surface area contributed by atoms with Crippen molar-refractivity contribution in [2.75, 3.05) is 43.7 Å². The lowest BCUT2D eigenvalue weighted by Gasteiger charge is -2.26. The van der Waals surface area contributed by atoms with Crippen LogP contribution in [0.15, 0.2) is 23.2 Å². The number of aromatic nitrogens is 1. The summed E-state index contributed by atoms with van der Waals surface area (Å²) >= 11 is 0. The van der Waals surface area contributed by atoms with Crippen LogP contribution >= 0.6 is 0 Å². The van der Waals surface area contributed by atoms with E-state index in [9.17, 15) is 5.26 Å². The van der Waals surface area contributed by atoms with Crippen molar-refractivity contribution < 1.29 is 18.9 Å². The number of nitriles is 2. The number of nitrogens with two attached hydrogens (primary N) is 2. The van der Waals surface area contributed by atoms with Crippen molar-refractivity contribution in [2.24, 2.45) is 4.99 Å². The zero-order chi connectivity index (χ0) is 23.4. The molecule has 1 atom stereocenters. The number of fused-ring (bicyclic) bond motifs is 1. The first-order valence-corrected chi connectivity index (χ1v) is 10.1. The Bertz CT molecular complexity index is 1160. The van der Waals surface area contributed by atoms with E-state index >= 15 is 0 Å². The van der Waals surface area contributed by atoms with Crippen LogP contribution in [0, 0.1) is 22.8 Å². The molecule has 12 nitrogen and oxygen atoms in total. The van der Waals surface area contributed by atoms with Gasteiger partial charge < -0.3 is 35.7 Å². The molecule has 1 aromatic heterocycles. The van der Waals surface area contributed by atoms with Crippen LogP contribution in [0.1, 0.15) is 29.2 Å². The first-order valence-electron chi connectivity index (χ1n) is 10.1. The van der Waals surface area contributed by atoms with Crippen LogP contribution in [-0.2, 0) is 9.47 Å². The zero-order valence-electron chi connectivity index (χ0n) is 17.8. The number of nitrogens with one attached hydrogen (secondary N) is 2. The maximum absolute atomic E-state index is 9.47. The highest BCUT2D eigenvalue weighted by Crippen LogP contribution is 2.42. The van der Waals surface area contributed by atoms with E-state index < -0.39 is 6.04 Å². The molecule has 0 saturated carbocycles. The molecule has 6 N–H and O–H groups in total. The van der Waals surface area contributed by atoms with Gasteiger partial charge in [-0.25, -0.2) is 9.98 Å². The molecule has 1 fully saturated rings. The number of pyridine rings is 1. The van der Waals surface area contributed by atoms with Crippen molar-refractivity contribution in [3.63, 3.8) is 0 Å². The lowest BCUT2D eigenvalue weighted by atomic mass is 9.95. The summed E-state index contributed by atoms with van der Waals surface area (Å²) in [6.07, 6.45) is 2.09. The molecule has 12 heteroatoms. The van der Waals surface area contributed by atoms with Gasteiger partial charge in [0.15, 0.2) is 24.0 Å². The van der Waals surface area contributed by atoms with Crippen molar-refractivity contribution in [1.29, 1.82) is 10.5 Å². The second kappa shape index (κ2) is 9.48. The summed E-state index contributed by atoms with van der Waals surface area (Å²) in [6.45, 7) is 1.48. The highest BCUT2D eigenvalue weighted by atomic mass is 16.7. The Kier molecular flexibility index (Phi) is 6.31. The average molecular weight is 450 g/mol. The van der Waals surface area contributed by atoms with E-state index in [1.54, 1.807) is 25.3 Å². The number of rotatable bonds is 6. The number of aliphatic imine (C=N–C) groups is 1. The van der Waals surface area contributed by atoms with Crippen LogP contribution in [0.4, 0.5) is 17.3 Å². The molecule has 2 aromatic rings. The van der Waals surface area contributed by atoms with E-state index in [0.29, 0.717) is 54.7 Å². The Morgan fingerprint density at radius 1 is 1.24 bits per heavy atom. The molecule has 33 heavy (non-hydrogen) atoms. The summed E-state index contributed by atoms with van der Waals surface area (Å²) in [6, 6.07) is 6.60. The number of nitrogens with zero attached hydrogens (tertiary/aromatic N) is 4. The van der Waals surface area contributed by atoms with Crippen molar-refractivity contribution in [1.82, 2.24) is 10.3 Å². The summed E-state index contributed by atoms with van der Waals surface area (Å²) in [7, 11) is 1.54. The van der Waals surface area contributed by atoms with Gasteiger partial charge in [-0.15, -0.1) is 0 Å². The highest BCUT2D eigenvalue weighted by molar-refractivity contribution is 5.98. The van der Waals surface area contributed by atoms with Crippen LogP contribution in [0.3, 0.4) is 0 Å². The van der Waals surface area contributed by atoms with Crippen LogP contribution < -0.4 is 31.6 Å². The van der Waals surface area contributed by atoms with Crippen LogP contribution in [0.5, 0.6) is 11.5 Å². The fraction of sp³-hybridized carbons (Fsp3) is 0.333. The normalized spacial score (nSPS) is 17.2. The maximum atomic E-state index is 9.47. The number of guanidine groups is 1.